The van der Waals surface area contributed by atoms with Crippen LogP contribution in [0.15, 0.2) is 41.6 Å². The molecule has 0 amide bonds. The van der Waals surface area contributed by atoms with Gasteiger partial charge < -0.3 is 4.84 Å². The molecule has 23 heavy (non-hydrogen) atoms. The summed E-state index contributed by atoms with van der Waals surface area (Å²) in [6.45, 7) is 0.327. The molecule has 0 aliphatic rings. The SMILES string of the molecule is Clc1cccc(Cl)c1CON=CNOCc1c(Cl)cccc1Cl. The van der Waals surface area contributed by atoms with Crippen molar-refractivity contribution in [2.24, 2.45) is 5.16 Å². The van der Waals surface area contributed by atoms with Gasteiger partial charge in [-0.05, 0) is 24.3 Å². The Hall–Kier alpha value is -1.17. The molecule has 0 unspecified atom stereocenters. The molecule has 0 aliphatic carbocycles. The van der Waals surface area contributed by atoms with Crippen LogP contribution in [0.4, 0.5) is 0 Å². The lowest BCUT2D eigenvalue weighted by Gasteiger charge is -2.07. The van der Waals surface area contributed by atoms with Crippen molar-refractivity contribution in [3.8, 4) is 0 Å². The second kappa shape index (κ2) is 9.21. The molecule has 0 spiro atoms. The molecule has 2 rings (SSSR count). The van der Waals surface area contributed by atoms with Crippen LogP contribution in [-0.2, 0) is 22.9 Å². The maximum atomic E-state index is 6.01. The van der Waals surface area contributed by atoms with Crippen molar-refractivity contribution in [3.63, 3.8) is 0 Å². The van der Waals surface area contributed by atoms with E-state index in [-0.39, 0.29) is 13.2 Å². The Morgan fingerprint density at radius 3 is 1.83 bits per heavy atom. The minimum Gasteiger partial charge on any atom is -0.390 e. The van der Waals surface area contributed by atoms with Crippen LogP contribution < -0.4 is 5.48 Å². The Morgan fingerprint density at radius 2 is 1.30 bits per heavy atom. The summed E-state index contributed by atoms with van der Waals surface area (Å²) in [5.41, 5.74) is 3.85. The highest BCUT2D eigenvalue weighted by atomic mass is 35.5. The number of oxime groups is 1. The average molecular weight is 394 g/mol. The Morgan fingerprint density at radius 1 is 0.826 bits per heavy atom. The van der Waals surface area contributed by atoms with Gasteiger partial charge in [-0.25, -0.2) is 0 Å². The fraction of sp³-hybridized carbons (Fsp3) is 0.133. The van der Waals surface area contributed by atoms with E-state index in [9.17, 15) is 0 Å². The highest BCUT2D eigenvalue weighted by Crippen LogP contribution is 2.25. The monoisotopic (exact) mass is 392 g/mol. The quantitative estimate of drug-likeness (QED) is 0.293. The highest BCUT2D eigenvalue weighted by Gasteiger charge is 2.06. The van der Waals surface area contributed by atoms with Crippen LogP contribution >= 0.6 is 46.4 Å². The normalized spacial score (nSPS) is 11.0. The first kappa shape index (κ1) is 18.2. The highest BCUT2D eigenvalue weighted by molar-refractivity contribution is 6.36. The van der Waals surface area contributed by atoms with E-state index in [0.29, 0.717) is 31.2 Å². The van der Waals surface area contributed by atoms with Gasteiger partial charge in [0.05, 0.1) is 0 Å². The van der Waals surface area contributed by atoms with E-state index in [1.165, 1.54) is 6.34 Å². The summed E-state index contributed by atoms with van der Waals surface area (Å²) in [7, 11) is 0. The largest absolute Gasteiger partial charge is 0.390 e. The molecule has 2 aromatic rings. The zero-order chi connectivity index (χ0) is 16.7. The van der Waals surface area contributed by atoms with Crippen LogP contribution in [0.25, 0.3) is 0 Å². The number of nitrogens with zero attached hydrogens (tertiary/aromatic N) is 1. The molecule has 1 N–H and O–H groups in total. The maximum absolute atomic E-state index is 6.01. The Labute approximate surface area is 153 Å². The topological polar surface area (TPSA) is 42.8 Å². The molecule has 4 nitrogen and oxygen atoms in total. The van der Waals surface area contributed by atoms with Crippen molar-refractivity contribution in [1.82, 2.24) is 5.48 Å². The number of halogens is 4. The third-order valence-corrected chi connectivity index (χ3v) is 4.23. The maximum Gasteiger partial charge on any atom is 0.152 e. The molecule has 0 heterocycles. The summed E-state index contributed by atoms with van der Waals surface area (Å²) in [5, 5.41) is 5.78. The van der Waals surface area contributed by atoms with Crippen LogP contribution in [0.3, 0.4) is 0 Å². The third kappa shape index (κ3) is 5.44. The van der Waals surface area contributed by atoms with Gasteiger partial charge in [-0.3, -0.25) is 10.3 Å². The smallest absolute Gasteiger partial charge is 0.152 e. The summed E-state index contributed by atoms with van der Waals surface area (Å²) in [6, 6.07) is 10.4. The summed E-state index contributed by atoms with van der Waals surface area (Å²) in [6.07, 6.45) is 1.25. The Balaban J connectivity index is 1.74. The minimum atomic E-state index is 0.146. The second-order valence-corrected chi connectivity index (χ2v) is 5.94. The Kier molecular flexibility index (Phi) is 7.27. The minimum absolute atomic E-state index is 0.146. The number of rotatable bonds is 7. The molecule has 8 heteroatoms. The summed E-state index contributed by atoms with van der Waals surface area (Å²) < 4.78 is 0. The molecule has 0 saturated carbocycles. The van der Waals surface area contributed by atoms with Crippen molar-refractivity contribution in [2.75, 3.05) is 0 Å². The van der Waals surface area contributed by atoms with Crippen LogP contribution in [0.1, 0.15) is 11.1 Å². The lowest BCUT2D eigenvalue weighted by atomic mass is 10.2. The van der Waals surface area contributed by atoms with Crippen molar-refractivity contribution < 1.29 is 9.68 Å². The molecule has 0 atom stereocenters. The number of nitrogens with one attached hydrogen (secondary N) is 1. The van der Waals surface area contributed by atoms with Crippen LogP contribution in [0, 0.1) is 0 Å². The van der Waals surface area contributed by atoms with Gasteiger partial charge in [0.1, 0.15) is 13.2 Å². The van der Waals surface area contributed by atoms with Gasteiger partial charge in [-0.1, -0.05) is 63.7 Å². The fourth-order valence-electron chi connectivity index (χ4n) is 1.65. The van der Waals surface area contributed by atoms with Crippen molar-refractivity contribution in [1.29, 1.82) is 0 Å². The van der Waals surface area contributed by atoms with Gasteiger partial charge >= 0.3 is 0 Å². The molecule has 0 aliphatic heterocycles. The molecular weight excluding hydrogens is 382 g/mol. The van der Waals surface area contributed by atoms with E-state index in [1.807, 2.05) is 0 Å². The number of hydrogen-bond acceptors (Lipinski definition) is 3. The molecule has 122 valence electrons. The fourth-order valence-corrected chi connectivity index (χ4v) is 2.67. The Bertz CT molecular complexity index is 655. The van der Waals surface area contributed by atoms with E-state index in [1.54, 1.807) is 36.4 Å². The lowest BCUT2D eigenvalue weighted by molar-refractivity contribution is 0.0673. The molecule has 0 radical (unpaired) electrons. The van der Waals surface area contributed by atoms with Crippen LogP contribution in [-0.4, -0.2) is 6.34 Å². The van der Waals surface area contributed by atoms with Crippen molar-refractivity contribution in [2.45, 2.75) is 13.2 Å². The molecule has 0 bridgehead atoms. The first-order chi connectivity index (χ1) is 11.1. The standard InChI is InChI=1S/C15H12Cl4N2O2/c16-12-3-1-4-13(17)10(12)7-22-20-9-21-23-8-11-14(18)5-2-6-15(11)19/h1-6,9H,7-8H2,(H,20,21). The van der Waals surface area contributed by atoms with Gasteiger partial charge in [0.25, 0.3) is 0 Å². The summed E-state index contributed by atoms with van der Waals surface area (Å²) in [5.74, 6) is 0. The van der Waals surface area contributed by atoms with Gasteiger partial charge in [0, 0.05) is 31.2 Å². The van der Waals surface area contributed by atoms with E-state index >= 15 is 0 Å². The summed E-state index contributed by atoms with van der Waals surface area (Å²) in [4.78, 5) is 10.3. The first-order valence-corrected chi connectivity index (χ1v) is 7.97. The van der Waals surface area contributed by atoms with Gasteiger partial charge in [0.15, 0.2) is 6.34 Å². The molecular formula is C15H12Cl4N2O2. The number of benzene rings is 2. The van der Waals surface area contributed by atoms with E-state index in [2.05, 4.69) is 10.6 Å². The molecule has 0 saturated heterocycles. The van der Waals surface area contributed by atoms with Crippen LogP contribution in [0.2, 0.25) is 20.1 Å². The van der Waals surface area contributed by atoms with Gasteiger partial charge in [0.2, 0.25) is 0 Å². The number of hydroxylamine groups is 1. The van der Waals surface area contributed by atoms with E-state index in [4.69, 9.17) is 56.1 Å². The van der Waals surface area contributed by atoms with Crippen LogP contribution in [0.5, 0.6) is 0 Å². The molecule has 2 aromatic carbocycles. The summed E-state index contributed by atoms with van der Waals surface area (Å²) >= 11 is 24.0. The first-order valence-electron chi connectivity index (χ1n) is 6.46. The second-order valence-electron chi connectivity index (χ2n) is 4.31. The average Bonchev–Trinajstić information content (AvgIpc) is 2.51. The molecule has 0 aromatic heterocycles. The zero-order valence-electron chi connectivity index (χ0n) is 11.7. The van der Waals surface area contributed by atoms with Crippen molar-refractivity contribution >= 4 is 52.7 Å². The number of hydrogen-bond donors (Lipinski definition) is 1. The van der Waals surface area contributed by atoms with Gasteiger partial charge in [-0.2, -0.15) is 0 Å². The van der Waals surface area contributed by atoms with Gasteiger partial charge in [-0.15, -0.1) is 0 Å². The van der Waals surface area contributed by atoms with Crippen molar-refractivity contribution in [3.05, 3.63) is 67.6 Å². The van der Waals surface area contributed by atoms with E-state index < -0.39 is 0 Å². The predicted octanol–water partition coefficient (Wildman–Crippen LogP) is 5.48. The van der Waals surface area contributed by atoms with E-state index in [0.717, 1.165) is 0 Å². The zero-order valence-corrected chi connectivity index (χ0v) is 14.8. The molecule has 0 fully saturated rings. The lowest BCUT2D eigenvalue weighted by Crippen LogP contribution is -2.12. The third-order valence-electron chi connectivity index (χ3n) is 2.81. The predicted molar refractivity (Wildman–Crippen MR) is 94.1 cm³/mol.